The Bertz CT molecular complexity index is 3610. The van der Waals surface area contributed by atoms with Crippen LogP contribution in [0.4, 0.5) is 23.0 Å². The van der Waals surface area contributed by atoms with Gasteiger partial charge < -0.3 is 31.2 Å². The van der Waals surface area contributed by atoms with Crippen molar-refractivity contribution in [2.75, 3.05) is 22.1 Å². The minimum absolute atomic E-state index is 0.241. The molecule has 0 spiro atoms. The van der Waals surface area contributed by atoms with Gasteiger partial charge in [-0.1, -0.05) is 49.6 Å². The number of thiazole rings is 1. The highest BCUT2D eigenvalue weighted by Gasteiger charge is 2.26. The molecule has 0 atom stereocenters. The summed E-state index contributed by atoms with van der Waals surface area (Å²) in [5, 5.41) is 8.23. The zero-order valence-electron chi connectivity index (χ0n) is 36.7. The number of pyridine rings is 1. The lowest BCUT2D eigenvalue weighted by Crippen LogP contribution is -2.11. The van der Waals surface area contributed by atoms with Gasteiger partial charge in [-0.25, -0.2) is 24.9 Å². The molecular formula is C51H42N12O2S2. The molecule has 0 radical (unpaired) electrons. The van der Waals surface area contributed by atoms with Gasteiger partial charge in [0.15, 0.2) is 0 Å². The van der Waals surface area contributed by atoms with Gasteiger partial charge in [0.25, 0.3) is 11.8 Å². The van der Waals surface area contributed by atoms with Crippen molar-refractivity contribution in [1.82, 2.24) is 39.0 Å². The topological polar surface area (TPSA) is 197 Å². The molecule has 2 amide bonds. The van der Waals surface area contributed by atoms with Gasteiger partial charge in [0, 0.05) is 64.7 Å². The van der Waals surface area contributed by atoms with Crippen molar-refractivity contribution in [3.05, 3.63) is 145 Å². The molecule has 0 unspecified atom stereocenters. The Balaban J connectivity index is 1.05. The van der Waals surface area contributed by atoms with Gasteiger partial charge in [0.05, 0.1) is 48.0 Å². The minimum Gasteiger partial charge on any atom is -0.383 e. The fourth-order valence-corrected chi connectivity index (χ4v) is 10.3. The molecule has 67 heavy (non-hydrogen) atoms. The van der Waals surface area contributed by atoms with Crippen molar-refractivity contribution in [3.8, 4) is 54.7 Å². The van der Waals surface area contributed by atoms with E-state index in [0.717, 1.165) is 80.7 Å². The van der Waals surface area contributed by atoms with Crippen molar-refractivity contribution >= 4 is 89.8 Å². The first-order valence-electron chi connectivity index (χ1n) is 21.2. The average molecular weight is 919 g/mol. The summed E-state index contributed by atoms with van der Waals surface area (Å²) in [6, 6.07) is 31.7. The van der Waals surface area contributed by atoms with E-state index in [9.17, 15) is 9.59 Å². The van der Waals surface area contributed by atoms with E-state index in [-0.39, 0.29) is 11.8 Å². The van der Waals surface area contributed by atoms with Crippen LogP contribution in [-0.2, 0) is 29.6 Å². The molecule has 3 aromatic carbocycles. The summed E-state index contributed by atoms with van der Waals surface area (Å²) in [4.78, 5) is 54.9. The first-order chi connectivity index (χ1) is 32.4. The van der Waals surface area contributed by atoms with Gasteiger partial charge >= 0.3 is 0 Å². The number of fused-ring (bicyclic) bond motifs is 3. The molecule has 10 rings (SSSR count). The van der Waals surface area contributed by atoms with Gasteiger partial charge in [-0.2, -0.15) is 0 Å². The number of nitrogens with two attached hydrogens (primary N) is 2. The van der Waals surface area contributed by atoms with Gasteiger partial charge in [0.1, 0.15) is 35.6 Å². The zero-order valence-corrected chi connectivity index (χ0v) is 38.3. The molecule has 0 aliphatic carbocycles. The maximum atomic E-state index is 12.5. The number of nitrogens with zero attached hydrogens (tertiary/aromatic N) is 8. The van der Waals surface area contributed by atoms with Crippen molar-refractivity contribution < 1.29 is 9.59 Å². The number of rotatable bonds is 12. The second-order valence-electron chi connectivity index (χ2n) is 16.1. The number of hydrogen-bond acceptors (Lipinski definition) is 12. The summed E-state index contributed by atoms with van der Waals surface area (Å²) >= 11 is 3.25. The Labute approximate surface area is 392 Å². The van der Waals surface area contributed by atoms with E-state index in [1.165, 1.54) is 12.7 Å². The molecule has 6 N–H and O–H groups in total. The summed E-state index contributed by atoms with van der Waals surface area (Å²) in [5.41, 5.74) is 25.0. The second-order valence-corrected chi connectivity index (χ2v) is 18.3. The van der Waals surface area contributed by atoms with E-state index < -0.39 is 0 Å². The van der Waals surface area contributed by atoms with Gasteiger partial charge in [0.2, 0.25) is 0 Å². The second kappa shape index (κ2) is 17.2. The third-order valence-corrected chi connectivity index (χ3v) is 13.7. The van der Waals surface area contributed by atoms with Crippen LogP contribution >= 0.6 is 22.7 Å². The number of aromatic nitrogens is 8. The van der Waals surface area contributed by atoms with E-state index in [1.807, 2.05) is 84.4 Å². The van der Waals surface area contributed by atoms with Crippen LogP contribution in [0.25, 0.3) is 86.9 Å². The molecule has 10 aromatic rings. The fourth-order valence-electron chi connectivity index (χ4n) is 8.30. The highest BCUT2D eigenvalue weighted by molar-refractivity contribution is 7.19. The number of aryl methyl sites for hydroxylation is 3. The Morgan fingerprint density at radius 1 is 0.657 bits per heavy atom. The number of carbonyl (C=O) groups is 2. The Morgan fingerprint density at radius 2 is 1.25 bits per heavy atom. The maximum Gasteiger partial charge on any atom is 0.250 e. The predicted molar refractivity (Wildman–Crippen MR) is 271 cm³/mol. The third kappa shape index (κ3) is 7.87. The highest BCUT2D eigenvalue weighted by Crippen LogP contribution is 2.47. The zero-order chi connectivity index (χ0) is 46.5. The molecule has 0 fully saturated rings. The van der Waals surface area contributed by atoms with Crippen LogP contribution in [0.1, 0.15) is 18.9 Å². The monoisotopic (exact) mass is 918 g/mol. The third-order valence-electron chi connectivity index (χ3n) is 11.5. The van der Waals surface area contributed by atoms with E-state index in [2.05, 4.69) is 72.6 Å². The molecule has 0 aliphatic rings. The van der Waals surface area contributed by atoms with E-state index >= 15 is 0 Å². The summed E-state index contributed by atoms with van der Waals surface area (Å²) in [6.07, 6.45) is 5.35. The van der Waals surface area contributed by atoms with Crippen LogP contribution in [0.15, 0.2) is 140 Å². The molecule has 7 heterocycles. The fraction of sp³-hybridized carbons (Fsp3) is 0.0980. The standard InChI is InChI=1S/C51H42N12O2S2/c1-27(2)50(64)59-32-14-9-29(10-15-32)44-40(42-46(52)55-25-57-48(42)62(44)5)31-13-18-35-38(24-31)67-39(61-35)21-23-63-45(30-11-16-33(17-12-30)60-51(65)28(3)4)41(43-47(53)56-26-58-49(43)63)37-20-19-36(66-37)34-8-6-7-22-54-34/h6-20,22,24-26H,1,3,21,23H2,2,4-5H3,(H,59,64)(H,60,65)(H2,52,55,57)(H2,53,56,58). The predicted octanol–water partition coefficient (Wildman–Crippen LogP) is 10.6. The number of amides is 2. The molecule has 0 aliphatic heterocycles. The number of thiophene rings is 1. The lowest BCUT2D eigenvalue weighted by atomic mass is 9.98. The minimum atomic E-state index is -0.248. The van der Waals surface area contributed by atoms with Crippen LogP contribution in [0.3, 0.4) is 0 Å². The quantitative estimate of drug-likeness (QED) is 0.0856. The molecule has 0 saturated heterocycles. The number of carbonyl (C=O) groups excluding carboxylic acids is 2. The summed E-state index contributed by atoms with van der Waals surface area (Å²) < 4.78 is 5.22. The highest BCUT2D eigenvalue weighted by atomic mass is 32.1. The summed E-state index contributed by atoms with van der Waals surface area (Å²) in [7, 11) is 1.96. The molecule has 0 saturated carbocycles. The normalized spacial score (nSPS) is 11.4. The van der Waals surface area contributed by atoms with Crippen molar-refractivity contribution in [3.63, 3.8) is 0 Å². The summed E-state index contributed by atoms with van der Waals surface area (Å²) in [6.45, 7) is 11.4. The maximum absolute atomic E-state index is 12.5. The van der Waals surface area contributed by atoms with E-state index in [1.54, 1.807) is 42.7 Å². The lowest BCUT2D eigenvalue weighted by Gasteiger charge is -2.13. The average Bonchev–Trinajstić information content (AvgIpc) is 4.12. The number of nitrogens with one attached hydrogen (secondary N) is 2. The first kappa shape index (κ1) is 42.6. The Hall–Kier alpha value is -8.34. The molecule has 330 valence electrons. The molecule has 7 aromatic heterocycles. The van der Waals surface area contributed by atoms with Crippen LogP contribution < -0.4 is 22.1 Å². The largest absolute Gasteiger partial charge is 0.383 e. The SMILES string of the molecule is C=C(C)C(=O)Nc1ccc(-c2c(-c3ccc4nc(CCn5c(-c6ccc(NC(=O)C(=C)C)cc6)c(-c6ccc(-c7ccccn7)s6)c6c(N)ncnc65)sc4c3)c3c(N)ncnc3n2C)cc1. The number of nitrogen functional groups attached to an aromatic ring is 2. The molecular weight excluding hydrogens is 877 g/mol. The van der Waals surface area contributed by atoms with E-state index in [4.69, 9.17) is 21.4 Å². The van der Waals surface area contributed by atoms with Gasteiger partial charge in [-0.05, 0) is 91.2 Å². The van der Waals surface area contributed by atoms with Crippen LogP contribution in [0.5, 0.6) is 0 Å². The number of benzene rings is 3. The smallest absolute Gasteiger partial charge is 0.250 e. The molecule has 0 bridgehead atoms. The van der Waals surface area contributed by atoms with Crippen molar-refractivity contribution in [2.45, 2.75) is 26.8 Å². The van der Waals surface area contributed by atoms with Crippen LogP contribution in [0.2, 0.25) is 0 Å². The lowest BCUT2D eigenvalue weighted by molar-refractivity contribution is -0.113. The van der Waals surface area contributed by atoms with Crippen molar-refractivity contribution in [1.29, 1.82) is 0 Å². The van der Waals surface area contributed by atoms with Crippen molar-refractivity contribution in [2.24, 2.45) is 7.05 Å². The molecule has 16 heteroatoms. The van der Waals surface area contributed by atoms with Crippen LogP contribution in [0, 0.1) is 0 Å². The van der Waals surface area contributed by atoms with E-state index in [0.29, 0.717) is 58.4 Å². The Kier molecular flexibility index (Phi) is 11.0. The van der Waals surface area contributed by atoms with Crippen LogP contribution in [-0.4, -0.2) is 50.9 Å². The summed E-state index contributed by atoms with van der Waals surface area (Å²) in [5.74, 6) is 0.255. The van der Waals surface area contributed by atoms with Gasteiger partial charge in [-0.15, -0.1) is 22.7 Å². The molecule has 14 nitrogen and oxygen atoms in total. The number of anilines is 4. The Morgan fingerprint density at radius 3 is 1.88 bits per heavy atom. The first-order valence-corrected chi connectivity index (χ1v) is 22.8. The number of hydrogen-bond donors (Lipinski definition) is 4. The van der Waals surface area contributed by atoms with Gasteiger partial charge in [-0.3, -0.25) is 14.6 Å².